The maximum Gasteiger partial charge on any atom is 0.176 e. The molecule has 108 valence electrons. The third-order valence-corrected chi connectivity index (χ3v) is 3.29. The van der Waals surface area contributed by atoms with Gasteiger partial charge in [-0.15, -0.1) is 0 Å². The molecule has 0 saturated carbocycles. The van der Waals surface area contributed by atoms with Crippen LogP contribution in [0.15, 0.2) is 45.1 Å². The topological polar surface area (TPSA) is 81.6 Å². The van der Waals surface area contributed by atoms with E-state index in [-0.39, 0.29) is 0 Å². The summed E-state index contributed by atoms with van der Waals surface area (Å²) in [5.74, 6) is 2.80. The van der Waals surface area contributed by atoms with Gasteiger partial charge in [0.15, 0.2) is 17.3 Å². The van der Waals surface area contributed by atoms with Gasteiger partial charge >= 0.3 is 0 Å². The van der Waals surface area contributed by atoms with Crippen LogP contribution in [0.4, 0.5) is 0 Å². The van der Waals surface area contributed by atoms with E-state index < -0.39 is 0 Å². The van der Waals surface area contributed by atoms with E-state index in [4.69, 9.17) is 15.2 Å². The van der Waals surface area contributed by atoms with Gasteiger partial charge in [0.1, 0.15) is 5.84 Å². The highest BCUT2D eigenvalue weighted by Gasteiger charge is 2.21. The number of nitrogens with zero attached hydrogens (tertiary/aromatic N) is 3. The molecule has 0 aliphatic carbocycles. The van der Waals surface area contributed by atoms with Crippen molar-refractivity contribution in [1.29, 1.82) is 0 Å². The molecule has 3 rings (SSSR count). The first kappa shape index (κ1) is 13.4. The molecule has 0 aromatic heterocycles. The Hall–Kier alpha value is -2.63. The molecule has 0 atom stereocenters. The molecule has 0 radical (unpaired) electrons. The van der Waals surface area contributed by atoms with Gasteiger partial charge in [-0.2, -0.15) is 0 Å². The van der Waals surface area contributed by atoms with Gasteiger partial charge < -0.3 is 15.2 Å². The number of allylic oxidation sites excluding steroid dienone is 1. The summed E-state index contributed by atoms with van der Waals surface area (Å²) < 4.78 is 10.5. The Labute approximate surface area is 122 Å². The van der Waals surface area contributed by atoms with E-state index in [2.05, 4.69) is 15.0 Å². The summed E-state index contributed by atoms with van der Waals surface area (Å²) in [6.45, 7) is 0. The Morgan fingerprint density at radius 2 is 1.95 bits per heavy atom. The fourth-order valence-corrected chi connectivity index (χ4v) is 2.27. The number of rotatable bonds is 4. The number of aliphatic imine (C=N–C) groups is 3. The smallest absolute Gasteiger partial charge is 0.176 e. The molecular formula is C15H16N4O2. The number of fused-ring (bicyclic) bond motifs is 1. The monoisotopic (exact) mass is 284 g/mol. The molecule has 2 heterocycles. The number of hydrogen-bond donors (Lipinski definition) is 1. The van der Waals surface area contributed by atoms with E-state index in [1.807, 2.05) is 18.2 Å². The molecule has 6 heteroatoms. The Bertz CT molecular complexity index is 702. The predicted octanol–water partition coefficient (Wildman–Crippen LogP) is 1.70. The fourth-order valence-electron chi connectivity index (χ4n) is 2.27. The molecule has 0 bridgehead atoms. The Morgan fingerprint density at radius 3 is 2.71 bits per heavy atom. The van der Waals surface area contributed by atoms with Crippen LogP contribution in [0.3, 0.4) is 0 Å². The molecule has 2 N–H and O–H groups in total. The summed E-state index contributed by atoms with van der Waals surface area (Å²) >= 11 is 0. The molecule has 0 saturated heterocycles. The summed E-state index contributed by atoms with van der Waals surface area (Å²) in [5, 5.41) is 0. The first-order valence-corrected chi connectivity index (χ1v) is 6.58. The predicted molar refractivity (Wildman–Crippen MR) is 82.4 cm³/mol. The van der Waals surface area contributed by atoms with Crippen LogP contribution < -0.4 is 15.2 Å². The summed E-state index contributed by atoms with van der Waals surface area (Å²) in [4.78, 5) is 13.1. The van der Waals surface area contributed by atoms with Crippen LogP contribution in [-0.2, 0) is 6.42 Å². The zero-order valence-corrected chi connectivity index (χ0v) is 12.0. The van der Waals surface area contributed by atoms with Crippen molar-refractivity contribution in [3.8, 4) is 11.5 Å². The second kappa shape index (κ2) is 5.40. The van der Waals surface area contributed by atoms with E-state index in [0.29, 0.717) is 35.9 Å². The van der Waals surface area contributed by atoms with Gasteiger partial charge in [-0.05, 0) is 17.7 Å². The standard InChI is InChI=1S/C15H16N4O2/c1-20-12-4-3-9(5-13(12)21-2)6-14-18-11-7-10(16)8-17-15(11)19-14/h3-5,8H,6-7,16H2,1-2H3. The van der Waals surface area contributed by atoms with Crippen molar-refractivity contribution in [2.75, 3.05) is 14.2 Å². The average Bonchev–Trinajstić information content (AvgIpc) is 2.88. The van der Waals surface area contributed by atoms with Crippen molar-refractivity contribution in [2.45, 2.75) is 12.8 Å². The number of amidine groups is 2. The van der Waals surface area contributed by atoms with Crippen LogP contribution in [0.5, 0.6) is 11.5 Å². The van der Waals surface area contributed by atoms with Gasteiger partial charge in [0.05, 0.1) is 19.9 Å². The zero-order valence-electron chi connectivity index (χ0n) is 12.0. The maximum absolute atomic E-state index is 5.75. The zero-order chi connectivity index (χ0) is 14.8. The molecule has 0 fully saturated rings. The van der Waals surface area contributed by atoms with E-state index in [1.165, 1.54) is 0 Å². The largest absolute Gasteiger partial charge is 0.493 e. The molecule has 0 unspecified atom stereocenters. The number of benzene rings is 1. The lowest BCUT2D eigenvalue weighted by Gasteiger charge is -2.08. The molecule has 6 nitrogen and oxygen atoms in total. The van der Waals surface area contributed by atoms with Crippen LogP contribution in [0, 0.1) is 0 Å². The van der Waals surface area contributed by atoms with E-state index in [9.17, 15) is 0 Å². The molecule has 0 spiro atoms. The average molecular weight is 284 g/mol. The van der Waals surface area contributed by atoms with Crippen molar-refractivity contribution in [1.82, 2.24) is 0 Å². The van der Waals surface area contributed by atoms with Gasteiger partial charge in [-0.3, -0.25) is 0 Å². The van der Waals surface area contributed by atoms with Crippen LogP contribution in [0.25, 0.3) is 0 Å². The van der Waals surface area contributed by atoms with Gasteiger partial charge in [0.2, 0.25) is 0 Å². The molecule has 1 aromatic carbocycles. The van der Waals surface area contributed by atoms with Gasteiger partial charge in [-0.25, -0.2) is 15.0 Å². The SMILES string of the molecule is COc1ccc(CC2=NC3=NC=C(N)CC3=N2)cc1OC. The van der Waals surface area contributed by atoms with Crippen LogP contribution in [-0.4, -0.2) is 31.6 Å². The Balaban J connectivity index is 1.80. The Kier molecular flexibility index (Phi) is 3.43. The first-order chi connectivity index (χ1) is 10.2. The van der Waals surface area contributed by atoms with Crippen molar-refractivity contribution >= 4 is 17.4 Å². The maximum atomic E-state index is 5.75. The van der Waals surface area contributed by atoms with E-state index in [0.717, 1.165) is 17.1 Å². The minimum atomic E-state index is 0.609. The van der Waals surface area contributed by atoms with E-state index >= 15 is 0 Å². The van der Waals surface area contributed by atoms with Crippen LogP contribution in [0.1, 0.15) is 12.0 Å². The summed E-state index contributed by atoms with van der Waals surface area (Å²) in [7, 11) is 3.23. The molecular weight excluding hydrogens is 268 g/mol. The van der Waals surface area contributed by atoms with Gasteiger partial charge in [0, 0.05) is 24.7 Å². The van der Waals surface area contributed by atoms with Crippen LogP contribution in [0.2, 0.25) is 0 Å². The van der Waals surface area contributed by atoms with E-state index in [1.54, 1.807) is 20.4 Å². The van der Waals surface area contributed by atoms with Gasteiger partial charge in [0.25, 0.3) is 0 Å². The van der Waals surface area contributed by atoms with Crippen molar-refractivity contribution in [3.05, 3.63) is 35.7 Å². The van der Waals surface area contributed by atoms with Crippen molar-refractivity contribution in [3.63, 3.8) is 0 Å². The third-order valence-electron chi connectivity index (χ3n) is 3.29. The highest BCUT2D eigenvalue weighted by Crippen LogP contribution is 2.28. The van der Waals surface area contributed by atoms with Crippen molar-refractivity contribution < 1.29 is 9.47 Å². The molecule has 1 aromatic rings. The molecule has 21 heavy (non-hydrogen) atoms. The molecule has 2 aliphatic rings. The van der Waals surface area contributed by atoms with Gasteiger partial charge in [-0.1, -0.05) is 6.07 Å². The summed E-state index contributed by atoms with van der Waals surface area (Å²) in [6, 6.07) is 5.78. The Morgan fingerprint density at radius 1 is 1.14 bits per heavy atom. The number of ether oxygens (including phenoxy) is 2. The van der Waals surface area contributed by atoms with Crippen molar-refractivity contribution in [2.24, 2.45) is 20.7 Å². The lowest BCUT2D eigenvalue weighted by molar-refractivity contribution is 0.354. The minimum Gasteiger partial charge on any atom is -0.493 e. The fraction of sp³-hybridized carbons (Fsp3) is 0.267. The molecule has 0 amide bonds. The number of hydrogen-bond acceptors (Lipinski definition) is 6. The highest BCUT2D eigenvalue weighted by atomic mass is 16.5. The second-order valence-corrected chi connectivity index (χ2v) is 4.79. The quantitative estimate of drug-likeness (QED) is 0.913. The summed E-state index contributed by atoms with van der Waals surface area (Å²) in [6.07, 6.45) is 2.86. The normalized spacial score (nSPS) is 16.5. The lowest BCUT2D eigenvalue weighted by Crippen LogP contribution is -2.16. The van der Waals surface area contributed by atoms with Crippen LogP contribution >= 0.6 is 0 Å². The summed E-state index contributed by atoms with van der Waals surface area (Å²) in [5.41, 5.74) is 8.35. The minimum absolute atomic E-state index is 0.609. The second-order valence-electron chi connectivity index (χ2n) is 4.79. The number of nitrogens with two attached hydrogens (primary N) is 1. The molecule has 2 aliphatic heterocycles. The first-order valence-electron chi connectivity index (χ1n) is 6.58. The highest BCUT2D eigenvalue weighted by molar-refractivity contribution is 6.48. The third kappa shape index (κ3) is 2.65. The number of methoxy groups -OCH3 is 2. The lowest BCUT2D eigenvalue weighted by atomic mass is 10.1.